The summed E-state index contributed by atoms with van der Waals surface area (Å²) in [7, 11) is 0. The number of benzene rings is 1. The van der Waals surface area contributed by atoms with Crippen molar-refractivity contribution in [2.75, 3.05) is 0 Å². The smallest absolute Gasteiger partial charge is 0.249 e. The zero-order valence-corrected chi connectivity index (χ0v) is 11.0. The maximum absolute atomic E-state index is 12.6. The number of rotatable bonds is 3. The molecule has 2 aliphatic rings. The number of amides is 3. The summed E-state index contributed by atoms with van der Waals surface area (Å²) in [6.45, 7) is 0. The first-order valence-corrected chi connectivity index (χ1v) is 6.82. The van der Waals surface area contributed by atoms with E-state index in [1.165, 1.54) is 0 Å². The van der Waals surface area contributed by atoms with E-state index in [0.29, 0.717) is 0 Å². The molecule has 104 valence electrons. The summed E-state index contributed by atoms with van der Waals surface area (Å²) in [5.74, 6) is -0.890. The van der Waals surface area contributed by atoms with Crippen LogP contribution in [0.5, 0.6) is 0 Å². The van der Waals surface area contributed by atoms with Crippen LogP contribution in [0.4, 0.5) is 0 Å². The Morgan fingerprint density at radius 1 is 1.20 bits per heavy atom. The average molecular weight is 272 g/mol. The van der Waals surface area contributed by atoms with Crippen molar-refractivity contribution in [3.05, 3.63) is 35.9 Å². The fraction of sp³-hybridized carbons (Fsp3) is 0.400. The van der Waals surface area contributed by atoms with Crippen molar-refractivity contribution in [2.24, 2.45) is 0 Å². The highest BCUT2D eigenvalue weighted by atomic mass is 16.2. The third-order valence-electron chi connectivity index (χ3n) is 4.24. The molecule has 0 radical (unpaired) electrons. The highest BCUT2D eigenvalue weighted by Crippen LogP contribution is 2.44. The predicted molar refractivity (Wildman–Crippen MR) is 71.7 cm³/mol. The maximum Gasteiger partial charge on any atom is 0.249 e. The molecule has 0 aromatic heterocycles. The van der Waals surface area contributed by atoms with Crippen LogP contribution in [0.2, 0.25) is 0 Å². The lowest BCUT2D eigenvalue weighted by atomic mass is 9.63. The monoisotopic (exact) mass is 272 g/mol. The van der Waals surface area contributed by atoms with Crippen molar-refractivity contribution in [1.29, 1.82) is 0 Å². The third kappa shape index (κ3) is 1.99. The molecule has 1 aliphatic heterocycles. The van der Waals surface area contributed by atoms with E-state index in [-0.39, 0.29) is 18.2 Å². The summed E-state index contributed by atoms with van der Waals surface area (Å²) in [6.07, 6.45) is 2.60. The van der Waals surface area contributed by atoms with Crippen LogP contribution in [0.15, 0.2) is 30.3 Å². The van der Waals surface area contributed by atoms with Crippen LogP contribution < -0.4 is 10.6 Å². The summed E-state index contributed by atoms with van der Waals surface area (Å²) in [5, 5.41) is 4.94. The van der Waals surface area contributed by atoms with E-state index in [1.54, 1.807) is 0 Å². The van der Waals surface area contributed by atoms with Gasteiger partial charge in [-0.2, -0.15) is 0 Å². The highest BCUT2D eigenvalue weighted by Gasteiger charge is 2.47. The van der Waals surface area contributed by atoms with Crippen molar-refractivity contribution in [3.8, 4) is 0 Å². The molecule has 5 nitrogen and oxygen atoms in total. The molecule has 3 rings (SSSR count). The number of hydrogen-bond acceptors (Lipinski definition) is 3. The van der Waals surface area contributed by atoms with Crippen LogP contribution in [-0.4, -0.2) is 23.8 Å². The molecule has 1 heterocycles. The van der Waals surface area contributed by atoms with Gasteiger partial charge >= 0.3 is 0 Å². The first kappa shape index (κ1) is 12.8. The molecule has 1 saturated heterocycles. The number of imide groups is 1. The van der Waals surface area contributed by atoms with Crippen LogP contribution >= 0.6 is 0 Å². The molecule has 20 heavy (non-hydrogen) atoms. The first-order valence-electron chi connectivity index (χ1n) is 6.82. The molecule has 1 saturated carbocycles. The van der Waals surface area contributed by atoms with Crippen molar-refractivity contribution in [1.82, 2.24) is 10.6 Å². The lowest BCUT2D eigenvalue weighted by Crippen LogP contribution is -2.53. The minimum absolute atomic E-state index is 0.0371. The molecule has 0 bridgehead atoms. The van der Waals surface area contributed by atoms with Gasteiger partial charge in [-0.1, -0.05) is 36.8 Å². The van der Waals surface area contributed by atoms with E-state index in [9.17, 15) is 14.4 Å². The van der Waals surface area contributed by atoms with E-state index < -0.39 is 17.4 Å². The number of carbonyl (C=O) groups excluding carboxylic acids is 3. The van der Waals surface area contributed by atoms with Crippen LogP contribution in [-0.2, 0) is 19.8 Å². The maximum atomic E-state index is 12.6. The van der Waals surface area contributed by atoms with E-state index in [1.807, 2.05) is 30.3 Å². The molecule has 1 aromatic carbocycles. The SMILES string of the molecule is O=C1CC(NC(=O)C2(c3ccccc3)CCC2)C(=O)N1. The van der Waals surface area contributed by atoms with Gasteiger partial charge < -0.3 is 5.32 Å². The van der Waals surface area contributed by atoms with Gasteiger partial charge in [0.2, 0.25) is 17.7 Å². The van der Waals surface area contributed by atoms with Gasteiger partial charge in [-0.25, -0.2) is 0 Å². The third-order valence-corrected chi connectivity index (χ3v) is 4.24. The molecule has 2 fully saturated rings. The Kier molecular flexibility index (Phi) is 3.04. The Bertz CT molecular complexity index is 564. The predicted octanol–water partition coefficient (Wildman–Crippen LogP) is 0.640. The fourth-order valence-corrected chi connectivity index (χ4v) is 2.90. The van der Waals surface area contributed by atoms with Crippen LogP contribution in [0, 0.1) is 0 Å². The van der Waals surface area contributed by atoms with E-state index in [4.69, 9.17) is 0 Å². The Labute approximate surface area is 116 Å². The topological polar surface area (TPSA) is 75.3 Å². The van der Waals surface area contributed by atoms with Gasteiger partial charge in [-0.05, 0) is 18.4 Å². The molecule has 1 unspecified atom stereocenters. The molecule has 5 heteroatoms. The number of hydrogen-bond donors (Lipinski definition) is 2. The van der Waals surface area contributed by atoms with Gasteiger partial charge in [0, 0.05) is 0 Å². The zero-order valence-electron chi connectivity index (χ0n) is 11.0. The standard InChI is InChI=1S/C15H16N2O3/c18-12-9-11(13(19)17-12)16-14(20)15(7-4-8-15)10-5-2-1-3-6-10/h1-3,5-6,11H,4,7-9H2,(H,16,20)(H,17,18,19). The fourth-order valence-electron chi connectivity index (χ4n) is 2.90. The second-order valence-corrected chi connectivity index (χ2v) is 5.44. The van der Waals surface area contributed by atoms with Gasteiger partial charge in [-0.15, -0.1) is 0 Å². The molecular formula is C15H16N2O3. The van der Waals surface area contributed by atoms with Gasteiger partial charge in [-0.3, -0.25) is 19.7 Å². The minimum atomic E-state index is -0.726. The summed E-state index contributed by atoms with van der Waals surface area (Å²) in [4.78, 5) is 35.3. The quantitative estimate of drug-likeness (QED) is 0.793. The van der Waals surface area contributed by atoms with Gasteiger partial charge in [0.15, 0.2) is 0 Å². The van der Waals surface area contributed by atoms with Gasteiger partial charge in [0.25, 0.3) is 0 Å². The molecule has 2 N–H and O–H groups in total. The molecule has 1 atom stereocenters. The number of carbonyl (C=O) groups is 3. The Morgan fingerprint density at radius 2 is 1.90 bits per heavy atom. The zero-order chi connectivity index (χ0) is 14.2. The van der Waals surface area contributed by atoms with Crippen molar-refractivity contribution in [2.45, 2.75) is 37.1 Å². The van der Waals surface area contributed by atoms with Crippen molar-refractivity contribution in [3.63, 3.8) is 0 Å². The van der Waals surface area contributed by atoms with Crippen molar-refractivity contribution < 1.29 is 14.4 Å². The average Bonchev–Trinajstić information content (AvgIpc) is 2.68. The molecule has 3 amide bonds. The molecule has 1 aromatic rings. The lowest BCUT2D eigenvalue weighted by Gasteiger charge is -2.41. The summed E-state index contributed by atoms with van der Waals surface area (Å²) >= 11 is 0. The van der Waals surface area contributed by atoms with Crippen LogP contribution in [0.1, 0.15) is 31.2 Å². The first-order chi connectivity index (χ1) is 9.62. The summed E-state index contributed by atoms with van der Waals surface area (Å²) in [5.41, 5.74) is 0.446. The normalized spacial score (nSPS) is 23.9. The largest absolute Gasteiger partial charge is 0.343 e. The lowest BCUT2D eigenvalue weighted by molar-refractivity contribution is -0.133. The molecular weight excluding hydrogens is 256 g/mol. The number of nitrogens with one attached hydrogen (secondary N) is 2. The minimum Gasteiger partial charge on any atom is -0.343 e. The molecule has 0 spiro atoms. The summed E-state index contributed by atoms with van der Waals surface area (Å²) in [6, 6.07) is 8.90. The summed E-state index contributed by atoms with van der Waals surface area (Å²) < 4.78 is 0. The van der Waals surface area contributed by atoms with Gasteiger partial charge in [0.05, 0.1) is 11.8 Å². The Morgan fingerprint density at radius 3 is 2.40 bits per heavy atom. The Hall–Kier alpha value is -2.17. The second-order valence-electron chi connectivity index (χ2n) is 5.44. The second kappa shape index (κ2) is 4.74. The Balaban J connectivity index is 1.78. The van der Waals surface area contributed by atoms with E-state index >= 15 is 0 Å². The van der Waals surface area contributed by atoms with Crippen LogP contribution in [0.3, 0.4) is 0 Å². The highest BCUT2D eigenvalue weighted by molar-refractivity contribution is 6.07. The van der Waals surface area contributed by atoms with Crippen molar-refractivity contribution >= 4 is 17.7 Å². The van der Waals surface area contributed by atoms with E-state index in [2.05, 4.69) is 10.6 Å². The van der Waals surface area contributed by atoms with Gasteiger partial charge in [0.1, 0.15) is 6.04 Å². The molecule has 1 aliphatic carbocycles. The van der Waals surface area contributed by atoms with Crippen LogP contribution in [0.25, 0.3) is 0 Å². The van der Waals surface area contributed by atoms with E-state index in [0.717, 1.165) is 24.8 Å².